The molecular formula is C13H9F2NO4. The summed E-state index contributed by atoms with van der Waals surface area (Å²) in [6, 6.07) is 2.59. The van der Waals surface area contributed by atoms with E-state index in [4.69, 9.17) is 9.52 Å². The van der Waals surface area contributed by atoms with Gasteiger partial charge in [-0.1, -0.05) is 0 Å². The van der Waals surface area contributed by atoms with Gasteiger partial charge in [-0.15, -0.1) is 0 Å². The third-order valence-electron chi connectivity index (χ3n) is 2.44. The smallest absolute Gasteiger partial charge is 0.357 e. The van der Waals surface area contributed by atoms with E-state index in [1.54, 1.807) is 0 Å². The second-order valence-corrected chi connectivity index (χ2v) is 3.69. The van der Waals surface area contributed by atoms with Gasteiger partial charge in [0.1, 0.15) is 6.26 Å². The molecule has 1 heterocycles. The lowest BCUT2D eigenvalue weighted by molar-refractivity contribution is 0.0690. The van der Waals surface area contributed by atoms with Gasteiger partial charge in [0.25, 0.3) is 0 Å². The van der Waals surface area contributed by atoms with E-state index >= 15 is 0 Å². The maximum atomic E-state index is 13.6. The monoisotopic (exact) mass is 281 g/mol. The highest BCUT2D eigenvalue weighted by molar-refractivity contribution is 5.85. The number of carboxylic acids is 1. The molecule has 104 valence electrons. The zero-order valence-corrected chi connectivity index (χ0v) is 10.3. The Bertz CT molecular complexity index is 679. The van der Waals surface area contributed by atoms with Gasteiger partial charge < -0.3 is 14.3 Å². The van der Waals surface area contributed by atoms with E-state index in [0.717, 1.165) is 6.26 Å². The van der Waals surface area contributed by atoms with Crippen LogP contribution in [0.4, 0.5) is 8.78 Å². The number of carbonyl (C=O) groups is 1. The Balaban J connectivity index is 2.27. The van der Waals surface area contributed by atoms with Crippen LogP contribution in [0.2, 0.25) is 0 Å². The molecule has 0 spiro atoms. The Morgan fingerprint density at radius 2 is 2.10 bits per heavy atom. The molecule has 0 saturated carbocycles. The van der Waals surface area contributed by atoms with Gasteiger partial charge in [-0.05, 0) is 18.2 Å². The zero-order valence-electron chi connectivity index (χ0n) is 10.3. The number of hydrogen-bond donors (Lipinski definition) is 1. The highest BCUT2D eigenvalue weighted by Crippen LogP contribution is 2.23. The summed E-state index contributed by atoms with van der Waals surface area (Å²) in [6.07, 6.45) is 3.40. The number of halogens is 2. The minimum atomic E-state index is -1.24. The minimum absolute atomic E-state index is 0.0296. The largest absolute Gasteiger partial charge is 0.494 e. The molecule has 7 heteroatoms. The lowest BCUT2D eigenvalue weighted by Gasteiger charge is -2.04. The molecule has 0 amide bonds. The normalized spacial score (nSPS) is 10.9. The molecule has 0 bridgehead atoms. The second kappa shape index (κ2) is 5.52. The molecule has 0 saturated heterocycles. The summed E-state index contributed by atoms with van der Waals surface area (Å²) >= 11 is 0. The number of rotatable bonds is 4. The van der Waals surface area contributed by atoms with E-state index < -0.39 is 17.6 Å². The van der Waals surface area contributed by atoms with Gasteiger partial charge in [0.2, 0.25) is 11.7 Å². The van der Waals surface area contributed by atoms with E-state index in [0.29, 0.717) is 0 Å². The van der Waals surface area contributed by atoms with Crippen LogP contribution in [0.25, 0.3) is 12.2 Å². The number of benzene rings is 1. The fourth-order valence-corrected chi connectivity index (χ4v) is 1.46. The van der Waals surface area contributed by atoms with Crippen LogP contribution in [0, 0.1) is 11.6 Å². The van der Waals surface area contributed by atoms with Crippen LogP contribution in [-0.2, 0) is 0 Å². The molecule has 0 radical (unpaired) electrons. The van der Waals surface area contributed by atoms with Crippen molar-refractivity contribution in [2.24, 2.45) is 0 Å². The maximum absolute atomic E-state index is 13.6. The third-order valence-corrected chi connectivity index (χ3v) is 2.44. The first-order chi connectivity index (χ1) is 9.52. The first kappa shape index (κ1) is 13.7. The predicted molar refractivity (Wildman–Crippen MR) is 65.3 cm³/mol. The van der Waals surface area contributed by atoms with E-state index in [-0.39, 0.29) is 22.9 Å². The number of nitrogens with zero attached hydrogens (tertiary/aromatic N) is 1. The Hall–Kier alpha value is -2.70. The number of carboxylic acid groups (broad SMARTS) is 1. The molecule has 20 heavy (non-hydrogen) atoms. The summed E-state index contributed by atoms with van der Waals surface area (Å²) in [6.45, 7) is 0. The lowest BCUT2D eigenvalue weighted by atomic mass is 10.2. The van der Waals surface area contributed by atoms with Crippen LogP contribution >= 0.6 is 0 Å². The van der Waals surface area contributed by atoms with Crippen LogP contribution in [0.5, 0.6) is 5.75 Å². The van der Waals surface area contributed by atoms with Gasteiger partial charge in [-0.3, -0.25) is 0 Å². The van der Waals surface area contributed by atoms with Crippen LogP contribution < -0.4 is 4.74 Å². The van der Waals surface area contributed by atoms with Crippen molar-refractivity contribution in [3.05, 3.63) is 47.2 Å². The SMILES string of the molecule is COc1ccc(/C=C/c2nc(C(=O)O)co2)c(F)c1F. The summed E-state index contributed by atoms with van der Waals surface area (Å²) in [5.74, 6) is -3.66. The molecule has 0 aliphatic rings. The predicted octanol–water partition coefficient (Wildman–Crippen LogP) is 2.83. The number of aromatic carboxylic acids is 1. The zero-order chi connectivity index (χ0) is 14.7. The first-order valence-corrected chi connectivity index (χ1v) is 5.42. The number of aromatic nitrogens is 1. The van der Waals surface area contributed by atoms with E-state index in [9.17, 15) is 13.6 Å². The van der Waals surface area contributed by atoms with Gasteiger partial charge in [-0.2, -0.15) is 4.39 Å². The molecule has 1 aromatic heterocycles. The van der Waals surface area contributed by atoms with Gasteiger partial charge in [0.15, 0.2) is 17.3 Å². The molecule has 0 aliphatic heterocycles. The second-order valence-electron chi connectivity index (χ2n) is 3.69. The first-order valence-electron chi connectivity index (χ1n) is 5.42. The van der Waals surface area contributed by atoms with Crippen LogP contribution in [0.15, 0.2) is 22.8 Å². The molecule has 2 rings (SSSR count). The van der Waals surface area contributed by atoms with Crippen molar-refractivity contribution in [1.29, 1.82) is 0 Å². The Morgan fingerprint density at radius 3 is 2.70 bits per heavy atom. The fourth-order valence-electron chi connectivity index (χ4n) is 1.46. The van der Waals surface area contributed by atoms with Crippen molar-refractivity contribution in [3.63, 3.8) is 0 Å². The van der Waals surface area contributed by atoms with Crippen molar-refractivity contribution in [1.82, 2.24) is 4.98 Å². The van der Waals surface area contributed by atoms with Crippen LogP contribution in [-0.4, -0.2) is 23.2 Å². The molecule has 1 aromatic carbocycles. The van der Waals surface area contributed by atoms with Gasteiger partial charge >= 0.3 is 5.97 Å². The Labute approximate surface area is 112 Å². The average molecular weight is 281 g/mol. The summed E-state index contributed by atoms with van der Waals surface area (Å²) in [5.41, 5.74) is -0.315. The van der Waals surface area contributed by atoms with Crippen molar-refractivity contribution < 1.29 is 27.8 Å². The Morgan fingerprint density at radius 1 is 1.35 bits per heavy atom. The van der Waals surface area contributed by atoms with Crippen molar-refractivity contribution >= 4 is 18.1 Å². The standard InChI is InChI=1S/C13H9F2NO4/c1-19-9-4-2-7(11(14)12(9)15)3-5-10-16-8(6-20-10)13(17)18/h2-6H,1H3,(H,17,18)/b5-3+. The topological polar surface area (TPSA) is 72.6 Å². The Kier molecular flexibility index (Phi) is 3.79. The van der Waals surface area contributed by atoms with Crippen molar-refractivity contribution in [2.75, 3.05) is 7.11 Å². The maximum Gasteiger partial charge on any atom is 0.357 e. The molecule has 0 fully saturated rings. The van der Waals surface area contributed by atoms with Gasteiger partial charge in [-0.25, -0.2) is 14.2 Å². The van der Waals surface area contributed by atoms with Crippen molar-refractivity contribution in [2.45, 2.75) is 0 Å². The molecule has 0 unspecified atom stereocenters. The van der Waals surface area contributed by atoms with Crippen LogP contribution in [0.3, 0.4) is 0 Å². The van der Waals surface area contributed by atoms with Crippen molar-refractivity contribution in [3.8, 4) is 5.75 Å². The van der Waals surface area contributed by atoms with Gasteiger partial charge in [0.05, 0.1) is 7.11 Å². The molecular weight excluding hydrogens is 272 g/mol. The summed E-state index contributed by atoms with van der Waals surface area (Å²) < 4.78 is 36.6. The number of oxazole rings is 1. The fraction of sp³-hybridized carbons (Fsp3) is 0.0769. The molecule has 2 aromatic rings. The molecule has 1 N–H and O–H groups in total. The average Bonchev–Trinajstić information content (AvgIpc) is 2.89. The van der Waals surface area contributed by atoms with Gasteiger partial charge in [0, 0.05) is 11.6 Å². The molecule has 0 atom stereocenters. The van der Waals surface area contributed by atoms with E-state index in [2.05, 4.69) is 9.72 Å². The summed E-state index contributed by atoms with van der Waals surface area (Å²) in [7, 11) is 1.23. The van der Waals surface area contributed by atoms with Crippen LogP contribution in [0.1, 0.15) is 21.9 Å². The quantitative estimate of drug-likeness (QED) is 0.932. The number of hydrogen-bond acceptors (Lipinski definition) is 4. The minimum Gasteiger partial charge on any atom is -0.494 e. The summed E-state index contributed by atoms with van der Waals surface area (Å²) in [5, 5.41) is 8.65. The van der Waals surface area contributed by atoms with E-state index in [1.807, 2.05) is 0 Å². The highest BCUT2D eigenvalue weighted by Gasteiger charge is 2.12. The van der Waals surface area contributed by atoms with E-state index in [1.165, 1.54) is 31.4 Å². The number of methoxy groups -OCH3 is 1. The lowest BCUT2D eigenvalue weighted by Crippen LogP contribution is -1.95. The highest BCUT2D eigenvalue weighted by atomic mass is 19.2. The molecule has 0 aliphatic carbocycles. The third kappa shape index (κ3) is 2.66. The molecule has 5 nitrogen and oxygen atoms in total. The summed E-state index contributed by atoms with van der Waals surface area (Å²) in [4.78, 5) is 14.2. The number of ether oxygens (including phenoxy) is 1.